The number of carbonyl (C=O) groups is 1. The summed E-state index contributed by atoms with van der Waals surface area (Å²) in [6.45, 7) is 1.31. The van der Waals surface area contributed by atoms with E-state index >= 15 is 0 Å². The van der Waals surface area contributed by atoms with Crippen molar-refractivity contribution in [2.75, 3.05) is 7.11 Å². The summed E-state index contributed by atoms with van der Waals surface area (Å²) in [5, 5.41) is 5.26. The molecular weight excluding hydrogens is 248 g/mol. The Bertz CT molecular complexity index is 511. The number of rotatable bonds is 5. The van der Waals surface area contributed by atoms with Gasteiger partial charge in [0.25, 0.3) is 0 Å². The molecule has 0 saturated heterocycles. The molecule has 0 saturated carbocycles. The van der Waals surface area contributed by atoms with Gasteiger partial charge in [-0.05, 0) is 11.6 Å². The molecule has 0 radical (unpaired) electrons. The van der Waals surface area contributed by atoms with Gasteiger partial charge in [-0.15, -0.1) is 11.3 Å². The zero-order valence-corrected chi connectivity index (χ0v) is 10.9. The number of methoxy groups -OCH3 is 1. The van der Waals surface area contributed by atoms with Crippen LogP contribution in [-0.4, -0.2) is 18.1 Å². The van der Waals surface area contributed by atoms with Crippen LogP contribution in [0.4, 0.5) is 0 Å². The van der Waals surface area contributed by atoms with E-state index in [4.69, 9.17) is 4.74 Å². The van der Waals surface area contributed by atoms with E-state index in [1.165, 1.54) is 7.11 Å². The van der Waals surface area contributed by atoms with Crippen LogP contribution in [0, 0.1) is 0 Å². The molecule has 94 valence electrons. The van der Waals surface area contributed by atoms with Crippen LogP contribution in [0.2, 0.25) is 0 Å². The number of ether oxygens (including phenoxy) is 1. The third-order valence-corrected chi connectivity index (χ3v) is 3.16. The Kier molecular flexibility index (Phi) is 4.44. The van der Waals surface area contributed by atoms with Gasteiger partial charge in [0.15, 0.2) is 0 Å². The minimum absolute atomic E-state index is 0.305. The molecular formula is C13H14N2O2S. The Balaban J connectivity index is 1.98. The number of carbonyl (C=O) groups excluding carboxylic acids is 1. The van der Waals surface area contributed by atoms with E-state index in [1.807, 2.05) is 23.6 Å². The van der Waals surface area contributed by atoms with Crippen LogP contribution >= 0.6 is 11.3 Å². The summed E-state index contributed by atoms with van der Waals surface area (Å²) < 4.78 is 4.75. The van der Waals surface area contributed by atoms with Crippen molar-refractivity contribution in [1.29, 1.82) is 0 Å². The second-order valence-corrected chi connectivity index (χ2v) is 4.45. The summed E-state index contributed by atoms with van der Waals surface area (Å²) in [6, 6.07) is 7.43. The van der Waals surface area contributed by atoms with Crippen LogP contribution in [0.1, 0.15) is 21.6 Å². The number of hydrogen-bond donors (Lipinski definition) is 1. The van der Waals surface area contributed by atoms with E-state index in [9.17, 15) is 4.79 Å². The molecule has 18 heavy (non-hydrogen) atoms. The maximum Gasteiger partial charge on any atom is 0.338 e. The van der Waals surface area contributed by atoms with Crippen LogP contribution in [0.3, 0.4) is 0 Å². The lowest BCUT2D eigenvalue weighted by atomic mass is 10.1. The molecule has 0 aliphatic rings. The van der Waals surface area contributed by atoms with Crippen molar-refractivity contribution in [3.8, 4) is 0 Å². The molecule has 0 bridgehead atoms. The predicted octanol–water partition coefficient (Wildman–Crippen LogP) is 2.22. The zero-order valence-electron chi connectivity index (χ0n) is 10.1. The van der Waals surface area contributed by atoms with Crippen LogP contribution < -0.4 is 5.32 Å². The second-order valence-electron chi connectivity index (χ2n) is 3.73. The molecule has 2 rings (SSSR count). The van der Waals surface area contributed by atoms with E-state index in [2.05, 4.69) is 10.3 Å². The van der Waals surface area contributed by atoms with Crippen molar-refractivity contribution in [3.63, 3.8) is 0 Å². The first kappa shape index (κ1) is 12.7. The Morgan fingerprint density at radius 2 is 2.22 bits per heavy atom. The second kappa shape index (κ2) is 6.28. The number of nitrogens with one attached hydrogen (secondary N) is 1. The van der Waals surface area contributed by atoms with E-state index < -0.39 is 0 Å². The van der Waals surface area contributed by atoms with Gasteiger partial charge in [0, 0.05) is 18.5 Å². The largest absolute Gasteiger partial charge is 0.465 e. The van der Waals surface area contributed by atoms with E-state index in [-0.39, 0.29) is 5.97 Å². The smallest absolute Gasteiger partial charge is 0.338 e. The Morgan fingerprint density at radius 1 is 1.39 bits per heavy atom. The third kappa shape index (κ3) is 3.15. The van der Waals surface area contributed by atoms with Gasteiger partial charge in [0.05, 0.1) is 23.9 Å². The molecule has 2 aromatic rings. The molecule has 1 aromatic heterocycles. The molecule has 0 aliphatic carbocycles. The summed E-state index contributed by atoms with van der Waals surface area (Å²) >= 11 is 1.57. The fraction of sp³-hybridized carbons (Fsp3) is 0.231. The average Bonchev–Trinajstić information content (AvgIpc) is 2.92. The van der Waals surface area contributed by atoms with Crippen LogP contribution in [-0.2, 0) is 17.8 Å². The van der Waals surface area contributed by atoms with Gasteiger partial charge in [-0.3, -0.25) is 0 Å². The molecule has 0 unspecified atom stereocenters. The van der Waals surface area contributed by atoms with Crippen LogP contribution in [0.15, 0.2) is 35.2 Å². The molecule has 0 amide bonds. The normalized spacial score (nSPS) is 10.3. The molecule has 1 heterocycles. The first-order valence-electron chi connectivity index (χ1n) is 5.55. The first-order chi connectivity index (χ1) is 8.81. The molecule has 0 fully saturated rings. The van der Waals surface area contributed by atoms with Gasteiger partial charge in [-0.1, -0.05) is 18.2 Å². The highest BCUT2D eigenvalue weighted by Crippen LogP contribution is 2.10. The monoisotopic (exact) mass is 262 g/mol. The summed E-state index contributed by atoms with van der Waals surface area (Å²) in [5.41, 5.74) is 4.35. The van der Waals surface area contributed by atoms with Crippen LogP contribution in [0.5, 0.6) is 0 Å². The third-order valence-electron chi connectivity index (χ3n) is 2.53. The maximum absolute atomic E-state index is 11.6. The summed E-state index contributed by atoms with van der Waals surface area (Å²) in [5.74, 6) is -0.305. The number of hydrogen-bond acceptors (Lipinski definition) is 5. The predicted molar refractivity (Wildman–Crippen MR) is 70.4 cm³/mol. The Morgan fingerprint density at radius 3 is 2.94 bits per heavy atom. The van der Waals surface area contributed by atoms with Gasteiger partial charge >= 0.3 is 5.97 Å². The number of thiazole rings is 1. The Labute approximate surface area is 110 Å². The molecule has 1 aromatic carbocycles. The minimum Gasteiger partial charge on any atom is -0.465 e. The number of esters is 1. The van der Waals surface area contributed by atoms with Crippen LogP contribution in [0.25, 0.3) is 0 Å². The van der Waals surface area contributed by atoms with Gasteiger partial charge in [0.2, 0.25) is 0 Å². The summed E-state index contributed by atoms with van der Waals surface area (Å²) in [7, 11) is 1.39. The fourth-order valence-corrected chi connectivity index (χ4v) is 2.19. The zero-order chi connectivity index (χ0) is 12.8. The highest BCUT2D eigenvalue weighted by molar-refractivity contribution is 7.07. The van der Waals surface area contributed by atoms with Gasteiger partial charge in [0.1, 0.15) is 0 Å². The van der Waals surface area contributed by atoms with E-state index in [0.717, 1.165) is 11.3 Å². The minimum atomic E-state index is -0.305. The number of nitrogens with zero attached hydrogens (tertiary/aromatic N) is 1. The van der Waals surface area contributed by atoms with Gasteiger partial charge in [-0.2, -0.15) is 0 Å². The Hall–Kier alpha value is -1.72. The molecule has 0 atom stereocenters. The lowest BCUT2D eigenvalue weighted by Crippen LogP contribution is -2.16. The lowest BCUT2D eigenvalue weighted by molar-refractivity contribution is 0.0599. The maximum atomic E-state index is 11.6. The van der Waals surface area contributed by atoms with Crippen molar-refractivity contribution < 1.29 is 9.53 Å². The highest BCUT2D eigenvalue weighted by Gasteiger charge is 2.10. The van der Waals surface area contributed by atoms with Crippen molar-refractivity contribution in [1.82, 2.24) is 10.3 Å². The van der Waals surface area contributed by atoms with Gasteiger partial charge < -0.3 is 10.1 Å². The van der Waals surface area contributed by atoms with Crippen molar-refractivity contribution >= 4 is 17.3 Å². The highest BCUT2D eigenvalue weighted by atomic mass is 32.1. The SMILES string of the molecule is COC(=O)c1ccccc1CNCc1cscn1. The van der Waals surface area contributed by atoms with Gasteiger partial charge in [-0.25, -0.2) is 9.78 Å². The lowest BCUT2D eigenvalue weighted by Gasteiger charge is -2.08. The van der Waals surface area contributed by atoms with E-state index in [1.54, 1.807) is 22.9 Å². The average molecular weight is 262 g/mol. The molecule has 4 nitrogen and oxygen atoms in total. The summed E-state index contributed by atoms with van der Waals surface area (Å²) in [4.78, 5) is 15.8. The number of benzene rings is 1. The summed E-state index contributed by atoms with van der Waals surface area (Å²) in [6.07, 6.45) is 0. The standard InChI is InChI=1S/C13H14N2O2S/c1-17-13(16)12-5-3-2-4-10(12)6-14-7-11-8-18-9-15-11/h2-5,8-9,14H,6-7H2,1H3. The van der Waals surface area contributed by atoms with E-state index in [0.29, 0.717) is 18.7 Å². The molecule has 1 N–H and O–H groups in total. The fourth-order valence-electron chi connectivity index (χ4n) is 1.63. The van der Waals surface area contributed by atoms with Crippen molar-refractivity contribution in [3.05, 3.63) is 52.0 Å². The molecule has 0 aliphatic heterocycles. The first-order valence-corrected chi connectivity index (χ1v) is 6.49. The molecule has 5 heteroatoms. The molecule has 0 spiro atoms. The topological polar surface area (TPSA) is 51.2 Å². The van der Waals surface area contributed by atoms with Crippen molar-refractivity contribution in [2.24, 2.45) is 0 Å². The number of aromatic nitrogens is 1. The quantitative estimate of drug-likeness (QED) is 0.839. The van der Waals surface area contributed by atoms with Crippen molar-refractivity contribution in [2.45, 2.75) is 13.1 Å².